The average molecular weight is 264 g/mol. The lowest BCUT2D eigenvalue weighted by atomic mass is 10.2. The summed E-state index contributed by atoms with van der Waals surface area (Å²) < 4.78 is 0. The van der Waals surface area contributed by atoms with E-state index in [1.807, 2.05) is 11.8 Å². The van der Waals surface area contributed by atoms with Gasteiger partial charge in [-0.15, -0.1) is 11.8 Å². The first kappa shape index (κ1) is 13.9. The number of thioether (sulfide) groups is 1. The Bertz CT molecular complexity index is 342. The summed E-state index contributed by atoms with van der Waals surface area (Å²) in [6, 6.07) is 11.4. The van der Waals surface area contributed by atoms with Gasteiger partial charge in [-0.1, -0.05) is 25.1 Å². The Labute approximate surface area is 115 Å². The fraction of sp³-hybridized carbons (Fsp3) is 0.600. The molecule has 2 rings (SSSR count). The first-order valence-corrected chi connectivity index (χ1v) is 7.92. The van der Waals surface area contributed by atoms with Crippen molar-refractivity contribution in [1.29, 1.82) is 0 Å². The monoisotopic (exact) mass is 264 g/mol. The van der Waals surface area contributed by atoms with Gasteiger partial charge in [-0.2, -0.15) is 0 Å². The lowest BCUT2D eigenvalue weighted by Crippen LogP contribution is -2.52. The third-order valence-electron chi connectivity index (χ3n) is 3.67. The summed E-state index contributed by atoms with van der Waals surface area (Å²) >= 11 is 1.97. The average Bonchev–Trinajstić information content (AvgIpc) is 2.40. The van der Waals surface area contributed by atoms with E-state index >= 15 is 0 Å². The fourth-order valence-electron chi connectivity index (χ4n) is 2.55. The molecule has 1 heterocycles. The van der Waals surface area contributed by atoms with Gasteiger partial charge in [0.25, 0.3) is 0 Å². The number of rotatable bonds is 5. The Morgan fingerprint density at radius 1 is 1.22 bits per heavy atom. The van der Waals surface area contributed by atoms with E-state index in [-0.39, 0.29) is 0 Å². The van der Waals surface area contributed by atoms with Crippen LogP contribution >= 0.6 is 11.8 Å². The molecule has 18 heavy (non-hydrogen) atoms. The second kappa shape index (κ2) is 7.17. The van der Waals surface area contributed by atoms with Crippen LogP contribution in [0.2, 0.25) is 0 Å². The number of nitrogens with zero attached hydrogens (tertiary/aromatic N) is 2. The minimum atomic E-state index is 0.713. The summed E-state index contributed by atoms with van der Waals surface area (Å²) in [5, 5.41) is 0. The molecule has 0 bridgehead atoms. The highest BCUT2D eigenvalue weighted by Crippen LogP contribution is 2.17. The van der Waals surface area contributed by atoms with Gasteiger partial charge in [0, 0.05) is 42.9 Å². The molecule has 0 aliphatic carbocycles. The summed E-state index contributed by atoms with van der Waals surface area (Å²) in [5.41, 5.74) is 0. The zero-order valence-electron chi connectivity index (χ0n) is 11.5. The van der Waals surface area contributed by atoms with Gasteiger partial charge in [-0.05, 0) is 25.6 Å². The van der Waals surface area contributed by atoms with E-state index in [0.717, 1.165) is 0 Å². The van der Waals surface area contributed by atoms with Crippen LogP contribution in [0, 0.1) is 0 Å². The van der Waals surface area contributed by atoms with E-state index < -0.39 is 0 Å². The number of likely N-dealkylation sites (N-methyl/N-ethyl adjacent to an activating group) is 1. The third kappa shape index (κ3) is 4.01. The second-order valence-corrected chi connectivity index (χ2v) is 6.11. The molecule has 0 aromatic heterocycles. The molecule has 0 N–H and O–H groups in total. The summed E-state index contributed by atoms with van der Waals surface area (Å²) in [4.78, 5) is 6.56. The maximum absolute atomic E-state index is 2.60. The van der Waals surface area contributed by atoms with Crippen LogP contribution in [0.15, 0.2) is 35.2 Å². The molecule has 3 heteroatoms. The predicted molar refractivity (Wildman–Crippen MR) is 80.3 cm³/mol. The lowest BCUT2D eigenvalue weighted by molar-refractivity contribution is 0.0926. The molecule has 1 fully saturated rings. The minimum absolute atomic E-state index is 0.713. The summed E-state index contributed by atoms with van der Waals surface area (Å²) in [6.45, 7) is 10.7. The van der Waals surface area contributed by atoms with Crippen LogP contribution in [-0.2, 0) is 0 Å². The van der Waals surface area contributed by atoms with E-state index in [1.165, 1.54) is 43.4 Å². The fourth-order valence-corrected chi connectivity index (χ4v) is 3.49. The molecular formula is C15H24N2S. The van der Waals surface area contributed by atoms with Crippen molar-refractivity contribution in [2.75, 3.05) is 38.5 Å². The normalized spacial score (nSPS) is 22.2. The van der Waals surface area contributed by atoms with Crippen LogP contribution in [0.25, 0.3) is 0 Å². The van der Waals surface area contributed by atoms with E-state index in [0.29, 0.717) is 6.04 Å². The van der Waals surface area contributed by atoms with Crippen molar-refractivity contribution >= 4 is 11.8 Å². The van der Waals surface area contributed by atoms with Gasteiger partial charge < -0.3 is 0 Å². The number of hydrogen-bond donors (Lipinski definition) is 0. The largest absolute Gasteiger partial charge is 0.300 e. The Morgan fingerprint density at radius 3 is 2.67 bits per heavy atom. The molecule has 2 nitrogen and oxygen atoms in total. The standard InChI is InChI=1S/C15H24N2S/c1-3-17-10-9-16(13-14(17)2)11-12-18-15-7-5-4-6-8-15/h4-8,14H,3,9-13H2,1-2H3. The van der Waals surface area contributed by atoms with Crippen LogP contribution in [0.4, 0.5) is 0 Å². The highest BCUT2D eigenvalue weighted by Gasteiger charge is 2.21. The molecule has 1 unspecified atom stereocenters. The van der Waals surface area contributed by atoms with Gasteiger partial charge >= 0.3 is 0 Å². The molecule has 1 saturated heterocycles. The number of hydrogen-bond acceptors (Lipinski definition) is 3. The number of benzene rings is 1. The zero-order chi connectivity index (χ0) is 12.8. The van der Waals surface area contributed by atoms with Crippen molar-refractivity contribution in [2.45, 2.75) is 24.8 Å². The maximum atomic E-state index is 2.60. The molecular weight excluding hydrogens is 240 g/mol. The van der Waals surface area contributed by atoms with Crippen LogP contribution in [0.5, 0.6) is 0 Å². The molecule has 0 saturated carbocycles. The van der Waals surface area contributed by atoms with E-state index in [1.54, 1.807) is 0 Å². The quantitative estimate of drug-likeness (QED) is 0.755. The van der Waals surface area contributed by atoms with Crippen molar-refractivity contribution in [3.63, 3.8) is 0 Å². The van der Waals surface area contributed by atoms with Gasteiger partial charge in [-0.25, -0.2) is 0 Å². The predicted octanol–water partition coefficient (Wildman–Crippen LogP) is 2.80. The molecule has 1 atom stereocenters. The highest BCUT2D eigenvalue weighted by molar-refractivity contribution is 7.99. The van der Waals surface area contributed by atoms with Gasteiger partial charge in [0.2, 0.25) is 0 Å². The van der Waals surface area contributed by atoms with Gasteiger partial charge in [-0.3, -0.25) is 9.80 Å². The summed E-state index contributed by atoms with van der Waals surface area (Å²) in [5.74, 6) is 1.20. The first-order chi connectivity index (χ1) is 8.79. The SMILES string of the molecule is CCN1CCN(CCSc2ccccc2)CC1C. The smallest absolute Gasteiger partial charge is 0.0195 e. The van der Waals surface area contributed by atoms with Crippen molar-refractivity contribution < 1.29 is 0 Å². The van der Waals surface area contributed by atoms with Crippen LogP contribution in [-0.4, -0.2) is 54.3 Å². The van der Waals surface area contributed by atoms with Crippen molar-refractivity contribution in [1.82, 2.24) is 9.80 Å². The molecule has 0 spiro atoms. The molecule has 1 aliphatic heterocycles. The number of piperazine rings is 1. The topological polar surface area (TPSA) is 6.48 Å². The molecule has 100 valence electrons. The maximum Gasteiger partial charge on any atom is 0.0195 e. The van der Waals surface area contributed by atoms with Gasteiger partial charge in [0.15, 0.2) is 0 Å². The van der Waals surface area contributed by atoms with Crippen LogP contribution in [0.1, 0.15) is 13.8 Å². The van der Waals surface area contributed by atoms with E-state index in [9.17, 15) is 0 Å². The first-order valence-electron chi connectivity index (χ1n) is 6.94. The Kier molecular flexibility index (Phi) is 5.54. The van der Waals surface area contributed by atoms with Crippen molar-refractivity contribution in [2.24, 2.45) is 0 Å². The summed E-state index contributed by atoms with van der Waals surface area (Å²) in [7, 11) is 0. The lowest BCUT2D eigenvalue weighted by Gasteiger charge is -2.39. The second-order valence-electron chi connectivity index (χ2n) is 4.94. The van der Waals surface area contributed by atoms with Crippen LogP contribution < -0.4 is 0 Å². The Hall–Kier alpha value is -0.510. The van der Waals surface area contributed by atoms with Crippen LogP contribution in [0.3, 0.4) is 0 Å². The molecule has 1 aromatic rings. The van der Waals surface area contributed by atoms with Gasteiger partial charge in [0.1, 0.15) is 0 Å². The molecule has 1 aliphatic rings. The van der Waals surface area contributed by atoms with E-state index in [4.69, 9.17) is 0 Å². The van der Waals surface area contributed by atoms with E-state index in [2.05, 4.69) is 54.0 Å². The van der Waals surface area contributed by atoms with Crippen molar-refractivity contribution in [3.8, 4) is 0 Å². The Morgan fingerprint density at radius 2 is 2.00 bits per heavy atom. The molecule has 0 amide bonds. The zero-order valence-corrected chi connectivity index (χ0v) is 12.3. The third-order valence-corrected chi connectivity index (χ3v) is 4.67. The van der Waals surface area contributed by atoms with Gasteiger partial charge in [0.05, 0.1) is 0 Å². The highest BCUT2D eigenvalue weighted by atomic mass is 32.2. The minimum Gasteiger partial charge on any atom is -0.300 e. The van der Waals surface area contributed by atoms with Crippen molar-refractivity contribution in [3.05, 3.63) is 30.3 Å². The Balaban J connectivity index is 1.69. The summed E-state index contributed by atoms with van der Waals surface area (Å²) in [6.07, 6.45) is 0. The molecule has 0 radical (unpaired) electrons. The molecule has 1 aromatic carbocycles.